The number of pyridine rings is 1. The molecule has 21 heavy (non-hydrogen) atoms. The van der Waals surface area contributed by atoms with E-state index in [-0.39, 0.29) is 0 Å². The minimum atomic E-state index is 0.378. The molecule has 0 aliphatic heterocycles. The standard InChI is InChI=1S/C13H9ClN6S/c1-16-9-4-2-3-8(14)7(9)6-21-10-5-11(15)17-13-12(10)18-20-19-13/h2-5H,6H2,(H3,15,17,18,19,20). The molecular formula is C13H9ClN6S. The van der Waals surface area contributed by atoms with Crippen LogP contribution in [0.2, 0.25) is 5.02 Å². The van der Waals surface area contributed by atoms with E-state index in [1.165, 1.54) is 11.8 Å². The van der Waals surface area contributed by atoms with E-state index in [1.807, 2.05) is 0 Å². The van der Waals surface area contributed by atoms with Crippen LogP contribution < -0.4 is 5.73 Å². The molecule has 3 N–H and O–H groups in total. The molecule has 3 rings (SSSR count). The molecular weight excluding hydrogens is 308 g/mol. The van der Waals surface area contributed by atoms with Crippen molar-refractivity contribution in [2.24, 2.45) is 0 Å². The summed E-state index contributed by atoms with van der Waals surface area (Å²) in [5, 5.41) is 11.1. The Balaban J connectivity index is 1.94. The number of nitrogens with one attached hydrogen (secondary N) is 1. The summed E-state index contributed by atoms with van der Waals surface area (Å²) in [6.45, 7) is 7.20. The number of halogens is 1. The van der Waals surface area contributed by atoms with Gasteiger partial charge >= 0.3 is 0 Å². The van der Waals surface area contributed by atoms with Crippen molar-refractivity contribution in [3.05, 3.63) is 46.3 Å². The fraction of sp³-hybridized carbons (Fsp3) is 0.0769. The third-order valence-corrected chi connectivity index (χ3v) is 4.27. The molecule has 0 spiro atoms. The molecule has 0 atom stereocenters. The fourth-order valence-corrected chi connectivity index (χ4v) is 3.28. The molecule has 0 aliphatic rings. The van der Waals surface area contributed by atoms with Crippen LogP contribution in [0.25, 0.3) is 16.0 Å². The average Bonchev–Trinajstić information content (AvgIpc) is 2.93. The summed E-state index contributed by atoms with van der Waals surface area (Å²) in [4.78, 5) is 8.43. The van der Waals surface area contributed by atoms with Crippen LogP contribution >= 0.6 is 23.4 Å². The quantitative estimate of drug-likeness (QED) is 0.571. The van der Waals surface area contributed by atoms with E-state index in [9.17, 15) is 0 Å². The number of hydrogen-bond acceptors (Lipinski definition) is 5. The highest BCUT2D eigenvalue weighted by Gasteiger charge is 2.12. The van der Waals surface area contributed by atoms with Crippen molar-refractivity contribution in [1.29, 1.82) is 0 Å². The van der Waals surface area contributed by atoms with Crippen LogP contribution in [0.5, 0.6) is 0 Å². The highest BCUT2D eigenvalue weighted by molar-refractivity contribution is 7.98. The van der Waals surface area contributed by atoms with Gasteiger partial charge in [0.1, 0.15) is 11.3 Å². The highest BCUT2D eigenvalue weighted by atomic mass is 35.5. The normalized spacial score (nSPS) is 10.7. The molecule has 104 valence electrons. The van der Waals surface area contributed by atoms with Crippen LogP contribution in [-0.2, 0) is 5.75 Å². The monoisotopic (exact) mass is 316 g/mol. The number of hydrogen-bond donors (Lipinski definition) is 2. The van der Waals surface area contributed by atoms with E-state index < -0.39 is 0 Å². The number of aromatic nitrogens is 4. The van der Waals surface area contributed by atoms with Gasteiger partial charge in [-0.25, -0.2) is 9.83 Å². The number of nitrogens with zero attached hydrogens (tertiary/aromatic N) is 4. The predicted octanol–water partition coefficient (Wildman–Crippen LogP) is 3.43. The van der Waals surface area contributed by atoms with Crippen molar-refractivity contribution in [3.63, 3.8) is 0 Å². The summed E-state index contributed by atoms with van der Waals surface area (Å²) >= 11 is 7.67. The van der Waals surface area contributed by atoms with Gasteiger partial charge in [-0.2, -0.15) is 10.3 Å². The molecule has 0 aliphatic carbocycles. The van der Waals surface area contributed by atoms with E-state index in [1.54, 1.807) is 24.3 Å². The van der Waals surface area contributed by atoms with Crippen LogP contribution in [0.1, 0.15) is 5.56 Å². The number of fused-ring (bicyclic) bond motifs is 1. The summed E-state index contributed by atoms with van der Waals surface area (Å²) in [6.07, 6.45) is 0. The van der Waals surface area contributed by atoms with E-state index in [0.29, 0.717) is 33.4 Å². The van der Waals surface area contributed by atoms with Crippen molar-refractivity contribution in [2.75, 3.05) is 5.73 Å². The smallest absolute Gasteiger partial charge is 0.204 e. The second-order valence-electron chi connectivity index (χ2n) is 4.18. The number of H-pyrrole nitrogens is 1. The molecule has 0 saturated carbocycles. The molecule has 0 fully saturated rings. The van der Waals surface area contributed by atoms with E-state index in [0.717, 1.165) is 10.5 Å². The van der Waals surface area contributed by atoms with Gasteiger partial charge in [-0.1, -0.05) is 23.7 Å². The Kier molecular flexibility index (Phi) is 3.64. The Bertz CT molecular complexity index is 853. The Labute approximate surface area is 129 Å². The molecule has 1 aromatic carbocycles. The van der Waals surface area contributed by atoms with E-state index in [4.69, 9.17) is 23.9 Å². The van der Waals surface area contributed by atoms with Gasteiger partial charge < -0.3 is 5.73 Å². The molecule has 2 aromatic heterocycles. The van der Waals surface area contributed by atoms with Gasteiger partial charge in [0, 0.05) is 15.7 Å². The molecule has 8 heteroatoms. The minimum absolute atomic E-state index is 0.378. The predicted molar refractivity (Wildman–Crippen MR) is 83.4 cm³/mol. The first-order valence-corrected chi connectivity index (χ1v) is 7.30. The minimum Gasteiger partial charge on any atom is -0.384 e. The average molecular weight is 317 g/mol. The largest absolute Gasteiger partial charge is 0.384 e. The summed E-state index contributed by atoms with van der Waals surface area (Å²) in [7, 11) is 0. The van der Waals surface area contributed by atoms with Crippen molar-refractivity contribution < 1.29 is 0 Å². The first-order valence-electron chi connectivity index (χ1n) is 5.93. The van der Waals surface area contributed by atoms with Gasteiger partial charge in [-0.3, -0.25) is 0 Å². The van der Waals surface area contributed by atoms with Gasteiger partial charge in [-0.15, -0.1) is 16.9 Å². The highest BCUT2D eigenvalue weighted by Crippen LogP contribution is 2.35. The number of nitrogen functional groups attached to an aromatic ring is 1. The lowest BCUT2D eigenvalue weighted by Gasteiger charge is -2.07. The van der Waals surface area contributed by atoms with Gasteiger partial charge in [0.15, 0.2) is 5.69 Å². The van der Waals surface area contributed by atoms with Gasteiger partial charge in [0.05, 0.1) is 6.57 Å². The number of anilines is 1. The number of nitrogens with two attached hydrogens (primary N) is 1. The SMILES string of the molecule is [C-]#[N+]c1cccc(Cl)c1CSc1cc(N)nc2n[nH]nc12. The van der Waals surface area contributed by atoms with Crippen molar-refractivity contribution in [2.45, 2.75) is 10.6 Å². The molecule has 0 saturated heterocycles. The lowest BCUT2D eigenvalue weighted by molar-refractivity contribution is 0.953. The maximum Gasteiger partial charge on any atom is 0.204 e. The zero-order valence-corrected chi connectivity index (χ0v) is 12.2. The molecule has 2 heterocycles. The number of thioether (sulfide) groups is 1. The van der Waals surface area contributed by atoms with Gasteiger partial charge in [0.25, 0.3) is 0 Å². The first kappa shape index (κ1) is 13.7. The summed E-state index contributed by atoms with van der Waals surface area (Å²) in [5.74, 6) is 0.923. The fourth-order valence-electron chi connectivity index (χ4n) is 1.88. The maximum absolute atomic E-state index is 7.20. The Morgan fingerprint density at radius 3 is 3.05 bits per heavy atom. The third-order valence-electron chi connectivity index (χ3n) is 2.86. The molecule has 0 unspecified atom stereocenters. The van der Waals surface area contributed by atoms with Crippen LogP contribution in [-0.4, -0.2) is 20.4 Å². The summed E-state index contributed by atoms with van der Waals surface area (Å²) < 4.78 is 0. The lowest BCUT2D eigenvalue weighted by atomic mass is 10.2. The van der Waals surface area contributed by atoms with Gasteiger partial charge in [-0.05, 0) is 17.7 Å². The topological polar surface area (TPSA) is 84.8 Å². The van der Waals surface area contributed by atoms with Crippen LogP contribution in [0, 0.1) is 6.57 Å². The lowest BCUT2D eigenvalue weighted by Crippen LogP contribution is -1.92. The first-order chi connectivity index (χ1) is 10.2. The second kappa shape index (κ2) is 5.60. The Hall–Kier alpha value is -2.30. The number of aromatic amines is 1. The molecule has 0 radical (unpaired) electrons. The number of rotatable bonds is 3. The van der Waals surface area contributed by atoms with Crippen LogP contribution in [0.15, 0.2) is 29.2 Å². The Morgan fingerprint density at radius 1 is 1.38 bits per heavy atom. The van der Waals surface area contributed by atoms with E-state index in [2.05, 4.69) is 25.2 Å². The third kappa shape index (κ3) is 2.63. The molecule has 6 nitrogen and oxygen atoms in total. The zero-order valence-electron chi connectivity index (χ0n) is 10.7. The van der Waals surface area contributed by atoms with Gasteiger partial charge in [0.2, 0.25) is 5.65 Å². The van der Waals surface area contributed by atoms with Crippen LogP contribution in [0.4, 0.5) is 11.5 Å². The van der Waals surface area contributed by atoms with E-state index >= 15 is 0 Å². The second-order valence-corrected chi connectivity index (χ2v) is 5.60. The Morgan fingerprint density at radius 2 is 2.24 bits per heavy atom. The van der Waals surface area contributed by atoms with Crippen molar-refractivity contribution >= 4 is 46.0 Å². The van der Waals surface area contributed by atoms with Crippen molar-refractivity contribution in [3.8, 4) is 0 Å². The molecule has 0 bridgehead atoms. The van der Waals surface area contributed by atoms with Crippen LogP contribution in [0.3, 0.4) is 0 Å². The molecule has 0 amide bonds. The van der Waals surface area contributed by atoms with Crippen molar-refractivity contribution in [1.82, 2.24) is 20.4 Å². The molecule has 3 aromatic rings. The summed E-state index contributed by atoms with van der Waals surface area (Å²) in [5.41, 5.74) is 8.24. The zero-order chi connectivity index (χ0) is 14.8. The number of benzene rings is 1. The summed E-state index contributed by atoms with van der Waals surface area (Å²) in [6, 6.07) is 7.04. The maximum atomic E-state index is 7.20.